The number of ether oxygens (including phenoxy) is 1. The molecule has 0 radical (unpaired) electrons. The lowest BCUT2D eigenvalue weighted by molar-refractivity contribution is -0.0761. The summed E-state index contributed by atoms with van der Waals surface area (Å²) in [5.41, 5.74) is 0.753. The van der Waals surface area contributed by atoms with Crippen LogP contribution in [0.4, 0.5) is 0 Å². The van der Waals surface area contributed by atoms with Crippen molar-refractivity contribution in [1.82, 2.24) is 15.3 Å². The van der Waals surface area contributed by atoms with Crippen molar-refractivity contribution in [2.45, 2.75) is 51.7 Å². The summed E-state index contributed by atoms with van der Waals surface area (Å²) in [4.78, 5) is 9.04. The Kier molecular flexibility index (Phi) is 4.66. The lowest BCUT2D eigenvalue weighted by atomic mass is 9.95. The van der Waals surface area contributed by atoms with Gasteiger partial charge < -0.3 is 10.1 Å². The monoisotopic (exact) mass is 249 g/mol. The Morgan fingerprint density at radius 2 is 2.33 bits per heavy atom. The number of aromatic nitrogens is 2. The van der Waals surface area contributed by atoms with E-state index in [0.717, 1.165) is 50.5 Å². The van der Waals surface area contributed by atoms with Crippen molar-refractivity contribution in [1.29, 1.82) is 0 Å². The van der Waals surface area contributed by atoms with Crippen LogP contribution in [0.2, 0.25) is 0 Å². The van der Waals surface area contributed by atoms with Gasteiger partial charge in [0, 0.05) is 19.3 Å². The first kappa shape index (κ1) is 13.4. The van der Waals surface area contributed by atoms with Crippen LogP contribution in [0.1, 0.15) is 51.0 Å². The number of rotatable bonds is 5. The molecule has 2 rings (SSSR count). The van der Waals surface area contributed by atoms with Gasteiger partial charge in [-0.25, -0.2) is 9.97 Å². The average molecular weight is 249 g/mol. The molecular weight excluding hydrogens is 226 g/mol. The van der Waals surface area contributed by atoms with E-state index in [-0.39, 0.29) is 5.60 Å². The maximum atomic E-state index is 5.89. The minimum atomic E-state index is -0.293. The lowest BCUT2D eigenvalue weighted by Gasteiger charge is -2.32. The topological polar surface area (TPSA) is 47.0 Å². The van der Waals surface area contributed by atoms with E-state index in [1.165, 1.54) is 6.42 Å². The molecule has 0 aliphatic carbocycles. The first-order valence-corrected chi connectivity index (χ1v) is 6.92. The van der Waals surface area contributed by atoms with Crippen LogP contribution in [0.25, 0.3) is 0 Å². The molecule has 1 aliphatic rings. The second kappa shape index (κ2) is 6.25. The summed E-state index contributed by atoms with van der Waals surface area (Å²) >= 11 is 0. The maximum absolute atomic E-state index is 5.89. The van der Waals surface area contributed by atoms with Crippen molar-refractivity contribution in [3.63, 3.8) is 0 Å². The fourth-order valence-electron chi connectivity index (χ4n) is 2.25. The maximum Gasteiger partial charge on any atom is 0.160 e. The Labute approximate surface area is 109 Å². The van der Waals surface area contributed by atoms with Crippen molar-refractivity contribution in [2.75, 3.05) is 13.2 Å². The molecule has 4 nitrogen and oxygen atoms in total. The minimum Gasteiger partial charge on any atom is -0.367 e. The third-order valence-electron chi connectivity index (χ3n) is 3.39. The molecule has 1 fully saturated rings. The molecule has 1 saturated heterocycles. The van der Waals surface area contributed by atoms with Gasteiger partial charge >= 0.3 is 0 Å². The molecule has 1 N–H and O–H groups in total. The number of hydrogen-bond acceptors (Lipinski definition) is 4. The Bertz CT molecular complexity index is 375. The largest absolute Gasteiger partial charge is 0.367 e. The predicted molar refractivity (Wildman–Crippen MR) is 71.2 cm³/mol. The number of hydrogen-bond donors (Lipinski definition) is 1. The third kappa shape index (κ3) is 3.27. The summed E-state index contributed by atoms with van der Waals surface area (Å²) in [6.07, 6.45) is 6.33. The van der Waals surface area contributed by atoms with Crippen LogP contribution in [0.3, 0.4) is 0 Å². The van der Waals surface area contributed by atoms with Crippen molar-refractivity contribution in [3.8, 4) is 0 Å². The van der Waals surface area contributed by atoms with E-state index >= 15 is 0 Å². The summed E-state index contributed by atoms with van der Waals surface area (Å²) < 4.78 is 5.89. The van der Waals surface area contributed by atoms with Crippen LogP contribution in [-0.2, 0) is 16.9 Å². The van der Waals surface area contributed by atoms with Crippen LogP contribution in [-0.4, -0.2) is 23.1 Å². The van der Waals surface area contributed by atoms with Crippen LogP contribution < -0.4 is 5.32 Å². The number of nitrogens with one attached hydrogen (secondary N) is 1. The van der Waals surface area contributed by atoms with E-state index in [2.05, 4.69) is 29.1 Å². The van der Waals surface area contributed by atoms with Crippen molar-refractivity contribution < 1.29 is 4.74 Å². The zero-order valence-electron chi connectivity index (χ0n) is 11.4. The summed E-state index contributed by atoms with van der Waals surface area (Å²) in [5.74, 6) is 0.831. The zero-order chi connectivity index (χ0) is 12.8. The molecule has 0 aromatic carbocycles. The molecule has 1 aromatic heterocycles. The molecular formula is C14H23N3O. The molecule has 0 amide bonds. The molecule has 0 saturated carbocycles. The smallest absolute Gasteiger partial charge is 0.160 e. The Morgan fingerprint density at radius 1 is 1.44 bits per heavy atom. The Balaban J connectivity index is 2.06. The zero-order valence-corrected chi connectivity index (χ0v) is 11.4. The highest BCUT2D eigenvalue weighted by Crippen LogP contribution is 2.32. The van der Waals surface area contributed by atoms with Crippen LogP contribution in [0, 0.1) is 0 Å². The molecule has 1 aromatic rings. The summed E-state index contributed by atoms with van der Waals surface area (Å²) in [7, 11) is 0. The van der Waals surface area contributed by atoms with Crippen molar-refractivity contribution in [3.05, 3.63) is 23.8 Å². The number of nitrogens with zero attached hydrogens (tertiary/aromatic N) is 2. The van der Waals surface area contributed by atoms with Crippen LogP contribution in [0.15, 0.2) is 12.3 Å². The van der Waals surface area contributed by atoms with Gasteiger partial charge in [0.1, 0.15) is 5.60 Å². The first-order valence-electron chi connectivity index (χ1n) is 6.92. The lowest BCUT2D eigenvalue weighted by Crippen LogP contribution is -2.32. The fraction of sp³-hybridized carbons (Fsp3) is 0.714. The Hall–Kier alpha value is -1.00. The van der Waals surface area contributed by atoms with Gasteiger partial charge in [-0.1, -0.05) is 6.92 Å². The van der Waals surface area contributed by atoms with E-state index in [9.17, 15) is 0 Å². The highest BCUT2D eigenvalue weighted by Gasteiger charge is 2.32. The molecule has 1 atom stereocenters. The quantitative estimate of drug-likeness (QED) is 0.814. The normalized spacial score (nSPS) is 24.1. The molecule has 0 bridgehead atoms. The Morgan fingerprint density at radius 3 is 3.06 bits per heavy atom. The molecule has 18 heavy (non-hydrogen) atoms. The summed E-state index contributed by atoms with van der Waals surface area (Å²) in [5, 5.41) is 3.36. The van der Waals surface area contributed by atoms with Crippen LogP contribution >= 0.6 is 0 Å². The highest BCUT2D eigenvalue weighted by molar-refractivity contribution is 5.08. The van der Waals surface area contributed by atoms with Gasteiger partial charge in [-0.05, 0) is 45.2 Å². The van der Waals surface area contributed by atoms with Gasteiger partial charge in [0.2, 0.25) is 0 Å². The van der Waals surface area contributed by atoms with E-state index in [0.29, 0.717) is 0 Å². The molecule has 1 unspecified atom stereocenters. The van der Waals surface area contributed by atoms with Crippen molar-refractivity contribution in [2.24, 2.45) is 0 Å². The van der Waals surface area contributed by atoms with E-state index in [1.54, 1.807) is 0 Å². The molecule has 2 heterocycles. The molecule has 4 heteroatoms. The summed E-state index contributed by atoms with van der Waals surface area (Å²) in [6.45, 7) is 6.91. The van der Waals surface area contributed by atoms with Gasteiger partial charge in [-0.2, -0.15) is 0 Å². The third-order valence-corrected chi connectivity index (χ3v) is 3.39. The van der Waals surface area contributed by atoms with Gasteiger partial charge in [0.25, 0.3) is 0 Å². The first-order chi connectivity index (χ1) is 8.74. The van der Waals surface area contributed by atoms with Gasteiger partial charge in [0.15, 0.2) is 5.82 Å². The van der Waals surface area contributed by atoms with E-state index in [1.807, 2.05) is 12.3 Å². The highest BCUT2D eigenvalue weighted by atomic mass is 16.5. The standard InChI is InChI=1S/C14H23N3O/c1-3-8-15-11-12-6-9-16-13(17-12)14(2)7-4-5-10-18-14/h6,9,15H,3-5,7-8,10-11H2,1-2H3. The minimum absolute atomic E-state index is 0.293. The average Bonchev–Trinajstić information content (AvgIpc) is 2.40. The van der Waals surface area contributed by atoms with Crippen molar-refractivity contribution >= 4 is 0 Å². The van der Waals surface area contributed by atoms with Gasteiger partial charge in [-0.15, -0.1) is 0 Å². The SMILES string of the molecule is CCCNCc1ccnc(C2(C)CCCCO2)n1. The summed E-state index contributed by atoms with van der Waals surface area (Å²) in [6, 6.07) is 1.97. The van der Waals surface area contributed by atoms with Gasteiger partial charge in [-0.3, -0.25) is 0 Å². The predicted octanol–water partition coefficient (Wildman–Crippen LogP) is 2.39. The van der Waals surface area contributed by atoms with Gasteiger partial charge in [0.05, 0.1) is 5.69 Å². The van der Waals surface area contributed by atoms with Crippen LogP contribution in [0.5, 0.6) is 0 Å². The van der Waals surface area contributed by atoms with E-state index < -0.39 is 0 Å². The fourth-order valence-corrected chi connectivity index (χ4v) is 2.25. The molecule has 100 valence electrons. The van der Waals surface area contributed by atoms with E-state index in [4.69, 9.17) is 4.74 Å². The second-order valence-electron chi connectivity index (χ2n) is 5.08. The second-order valence-corrected chi connectivity index (χ2v) is 5.08. The molecule has 1 aliphatic heterocycles. The molecule has 0 spiro atoms.